The molecule has 2 saturated heterocycles. The molecule has 2 fully saturated rings. The third-order valence-corrected chi connectivity index (χ3v) is 2.98. The average molecular weight is 209 g/mol. The molecular weight excluding hydrogens is 194 g/mol. The molecule has 0 aliphatic carbocycles. The van der Waals surface area contributed by atoms with Gasteiger partial charge < -0.3 is 4.74 Å². The lowest BCUT2D eigenvalue weighted by molar-refractivity contribution is -0.124. The fraction of sp³-hybridized carbons (Fsp3) is 0.636. The highest BCUT2D eigenvalue weighted by Crippen LogP contribution is 2.27. The molecule has 82 valence electrons. The maximum Gasteiger partial charge on any atom is 0.254 e. The Balaban J connectivity index is 2.17. The second-order valence-corrected chi connectivity index (χ2v) is 3.99. The largest absolute Gasteiger partial charge is 0.378 e. The fourth-order valence-electron chi connectivity index (χ4n) is 2.09. The Morgan fingerprint density at radius 3 is 2.87 bits per heavy atom. The molecule has 2 aliphatic rings. The first-order valence-corrected chi connectivity index (χ1v) is 5.37. The summed E-state index contributed by atoms with van der Waals surface area (Å²) >= 11 is 0. The number of nitrogens with one attached hydrogen (secondary N) is 1. The summed E-state index contributed by atoms with van der Waals surface area (Å²) in [6, 6.07) is 0. The Labute approximate surface area is 88.7 Å². The molecule has 1 atom stereocenters. The van der Waals surface area contributed by atoms with Gasteiger partial charge in [-0.2, -0.15) is 0 Å². The molecule has 2 rings (SSSR count). The number of carbonyl (C=O) groups excluding carboxylic acids is 2. The molecule has 2 aliphatic heterocycles. The van der Waals surface area contributed by atoms with Crippen molar-refractivity contribution in [2.24, 2.45) is 0 Å². The van der Waals surface area contributed by atoms with Crippen LogP contribution in [0, 0.1) is 0 Å². The molecule has 0 saturated carbocycles. The highest BCUT2D eigenvalue weighted by molar-refractivity contribution is 6.13. The van der Waals surface area contributed by atoms with E-state index in [1.54, 1.807) is 0 Å². The van der Waals surface area contributed by atoms with Crippen LogP contribution in [0.3, 0.4) is 0 Å². The molecule has 15 heavy (non-hydrogen) atoms. The molecule has 0 aromatic rings. The van der Waals surface area contributed by atoms with E-state index in [1.807, 2.05) is 0 Å². The van der Waals surface area contributed by atoms with Gasteiger partial charge in [-0.15, -0.1) is 0 Å². The molecule has 4 nitrogen and oxygen atoms in total. The molecule has 1 unspecified atom stereocenters. The van der Waals surface area contributed by atoms with Crippen LogP contribution in [-0.2, 0) is 14.3 Å². The normalized spacial score (nSPS) is 31.9. The number of imide groups is 1. The highest BCUT2D eigenvalue weighted by Gasteiger charge is 2.29. The van der Waals surface area contributed by atoms with Gasteiger partial charge in [0.15, 0.2) is 0 Å². The van der Waals surface area contributed by atoms with Crippen molar-refractivity contribution in [2.75, 3.05) is 6.61 Å². The molecule has 2 heterocycles. The van der Waals surface area contributed by atoms with Crippen LogP contribution >= 0.6 is 0 Å². The molecule has 0 spiro atoms. The summed E-state index contributed by atoms with van der Waals surface area (Å²) in [5.41, 5.74) is 1.79. The highest BCUT2D eigenvalue weighted by atomic mass is 16.5. The van der Waals surface area contributed by atoms with Crippen LogP contribution in [0.5, 0.6) is 0 Å². The zero-order valence-electron chi connectivity index (χ0n) is 8.84. The van der Waals surface area contributed by atoms with Crippen molar-refractivity contribution in [3.63, 3.8) is 0 Å². The van der Waals surface area contributed by atoms with E-state index < -0.39 is 0 Å². The van der Waals surface area contributed by atoms with Crippen LogP contribution in [0.15, 0.2) is 11.1 Å². The maximum absolute atomic E-state index is 11.4. The molecule has 4 heteroatoms. The zero-order valence-corrected chi connectivity index (χ0v) is 8.84. The SMILES string of the molecule is CCC1CC(=C2CC(=O)NC2=O)CCO1. The van der Waals surface area contributed by atoms with E-state index in [0.29, 0.717) is 12.2 Å². The maximum atomic E-state index is 11.4. The van der Waals surface area contributed by atoms with Crippen LogP contribution in [0.2, 0.25) is 0 Å². The number of rotatable bonds is 1. The van der Waals surface area contributed by atoms with E-state index >= 15 is 0 Å². The van der Waals surface area contributed by atoms with Crippen molar-refractivity contribution in [3.05, 3.63) is 11.1 Å². The van der Waals surface area contributed by atoms with Crippen LogP contribution < -0.4 is 5.32 Å². The Morgan fingerprint density at radius 2 is 2.27 bits per heavy atom. The van der Waals surface area contributed by atoms with E-state index in [-0.39, 0.29) is 24.3 Å². The summed E-state index contributed by atoms with van der Waals surface area (Å²) in [7, 11) is 0. The predicted octanol–water partition coefficient (Wildman–Crippen LogP) is 0.918. The van der Waals surface area contributed by atoms with Crippen LogP contribution in [-0.4, -0.2) is 24.5 Å². The number of carbonyl (C=O) groups is 2. The fourth-order valence-corrected chi connectivity index (χ4v) is 2.09. The van der Waals surface area contributed by atoms with Gasteiger partial charge in [0.1, 0.15) is 0 Å². The van der Waals surface area contributed by atoms with Crippen molar-refractivity contribution >= 4 is 11.8 Å². The second-order valence-electron chi connectivity index (χ2n) is 3.99. The standard InChI is InChI=1S/C11H15NO3/c1-2-8-5-7(3-4-15-8)9-6-10(13)12-11(9)14/h8H,2-6H2,1H3,(H,12,13,14). The van der Waals surface area contributed by atoms with Gasteiger partial charge >= 0.3 is 0 Å². The van der Waals surface area contributed by atoms with Crippen LogP contribution in [0.4, 0.5) is 0 Å². The van der Waals surface area contributed by atoms with Gasteiger partial charge in [0.05, 0.1) is 19.1 Å². The first-order valence-electron chi connectivity index (χ1n) is 5.37. The van der Waals surface area contributed by atoms with Gasteiger partial charge in [-0.05, 0) is 19.3 Å². The number of ether oxygens (including phenoxy) is 1. The molecular formula is C11H15NO3. The van der Waals surface area contributed by atoms with E-state index in [0.717, 1.165) is 24.8 Å². The molecule has 0 bridgehead atoms. The van der Waals surface area contributed by atoms with E-state index in [2.05, 4.69) is 12.2 Å². The third kappa shape index (κ3) is 2.09. The molecule has 1 N–H and O–H groups in total. The van der Waals surface area contributed by atoms with Gasteiger partial charge in [-0.3, -0.25) is 14.9 Å². The topological polar surface area (TPSA) is 55.4 Å². The van der Waals surface area contributed by atoms with Crippen LogP contribution in [0.25, 0.3) is 0 Å². The summed E-state index contributed by atoms with van der Waals surface area (Å²) in [6.45, 7) is 2.73. The predicted molar refractivity (Wildman–Crippen MR) is 54.1 cm³/mol. The first kappa shape index (κ1) is 10.4. The van der Waals surface area contributed by atoms with Gasteiger partial charge in [0.2, 0.25) is 5.91 Å². The lowest BCUT2D eigenvalue weighted by Crippen LogP contribution is -2.23. The van der Waals surface area contributed by atoms with Gasteiger partial charge in [0.25, 0.3) is 5.91 Å². The van der Waals surface area contributed by atoms with Gasteiger partial charge in [0, 0.05) is 5.57 Å². The Hall–Kier alpha value is -1.16. The number of hydrogen-bond donors (Lipinski definition) is 1. The molecule has 2 amide bonds. The minimum Gasteiger partial charge on any atom is -0.378 e. The monoisotopic (exact) mass is 209 g/mol. The molecule has 0 aromatic heterocycles. The second kappa shape index (κ2) is 4.14. The van der Waals surface area contributed by atoms with E-state index in [1.165, 1.54) is 0 Å². The average Bonchev–Trinajstić information content (AvgIpc) is 2.58. The summed E-state index contributed by atoms with van der Waals surface area (Å²) in [6.07, 6.45) is 3.00. The van der Waals surface area contributed by atoms with Crippen molar-refractivity contribution in [1.29, 1.82) is 0 Å². The van der Waals surface area contributed by atoms with Crippen molar-refractivity contribution in [2.45, 2.75) is 38.7 Å². The van der Waals surface area contributed by atoms with E-state index in [4.69, 9.17) is 4.74 Å². The van der Waals surface area contributed by atoms with Crippen molar-refractivity contribution in [3.8, 4) is 0 Å². The smallest absolute Gasteiger partial charge is 0.254 e. The lowest BCUT2D eigenvalue weighted by Gasteiger charge is -2.24. The van der Waals surface area contributed by atoms with Crippen LogP contribution in [0.1, 0.15) is 32.6 Å². The van der Waals surface area contributed by atoms with E-state index in [9.17, 15) is 9.59 Å². The van der Waals surface area contributed by atoms with Gasteiger partial charge in [-0.1, -0.05) is 12.5 Å². The first-order chi connectivity index (χ1) is 7.20. The summed E-state index contributed by atoms with van der Waals surface area (Å²) in [5.74, 6) is -0.381. The Morgan fingerprint density at radius 1 is 1.47 bits per heavy atom. The summed E-state index contributed by atoms with van der Waals surface area (Å²) < 4.78 is 5.53. The molecule has 0 radical (unpaired) electrons. The third-order valence-electron chi connectivity index (χ3n) is 2.98. The summed E-state index contributed by atoms with van der Waals surface area (Å²) in [5, 5.41) is 2.32. The Kier molecular flexibility index (Phi) is 2.86. The zero-order chi connectivity index (χ0) is 10.8. The van der Waals surface area contributed by atoms with Crippen molar-refractivity contribution in [1.82, 2.24) is 5.32 Å². The van der Waals surface area contributed by atoms with Gasteiger partial charge in [-0.25, -0.2) is 0 Å². The number of amides is 2. The van der Waals surface area contributed by atoms with Crippen molar-refractivity contribution < 1.29 is 14.3 Å². The quantitative estimate of drug-likeness (QED) is 0.516. The lowest BCUT2D eigenvalue weighted by atomic mass is 9.95. The number of hydrogen-bond acceptors (Lipinski definition) is 3. The molecule has 0 aromatic carbocycles. The summed E-state index contributed by atoms with van der Waals surface area (Å²) in [4.78, 5) is 22.5. The Bertz CT molecular complexity index is 333. The minimum absolute atomic E-state index is 0.179. The minimum atomic E-state index is -0.202.